The minimum absolute atomic E-state index is 0.0475. The summed E-state index contributed by atoms with van der Waals surface area (Å²) in [4.78, 5) is 19.6. The average molecular weight is 566 g/mol. The number of nitrogens with zero attached hydrogens (tertiary/aromatic N) is 6. The third-order valence-corrected chi connectivity index (χ3v) is 11.9. The summed E-state index contributed by atoms with van der Waals surface area (Å²) in [6.45, 7) is 7.11. The van der Waals surface area contributed by atoms with Crippen LogP contribution in [0.25, 0.3) is 16.3 Å². The second kappa shape index (κ2) is 8.08. The molecule has 0 radical (unpaired) electrons. The van der Waals surface area contributed by atoms with Crippen LogP contribution in [0.5, 0.6) is 0 Å². The lowest BCUT2D eigenvalue weighted by Gasteiger charge is -2.33. The highest BCUT2D eigenvalue weighted by molar-refractivity contribution is 7.89. The van der Waals surface area contributed by atoms with Crippen molar-refractivity contribution in [1.29, 1.82) is 5.26 Å². The van der Waals surface area contributed by atoms with E-state index in [1.807, 2.05) is 30.1 Å². The lowest BCUT2D eigenvalue weighted by atomic mass is 9.87. The number of fused-ring (bicyclic) bond motifs is 2. The van der Waals surface area contributed by atoms with Gasteiger partial charge in [-0.15, -0.1) is 10.2 Å². The van der Waals surface area contributed by atoms with Crippen molar-refractivity contribution in [1.82, 2.24) is 29.2 Å². The van der Waals surface area contributed by atoms with E-state index in [2.05, 4.69) is 21.0 Å². The van der Waals surface area contributed by atoms with Crippen molar-refractivity contribution in [3.8, 4) is 16.8 Å². The monoisotopic (exact) mass is 565 g/mol. The Bertz CT molecular complexity index is 1680. The largest absolute Gasteiger partial charge is 0.342 e. The molecule has 0 bridgehead atoms. The molecule has 1 amide bonds. The minimum Gasteiger partial charge on any atom is -0.342 e. The molecule has 204 valence electrons. The Morgan fingerprint density at radius 2 is 2.00 bits per heavy atom. The molecule has 4 heterocycles. The van der Waals surface area contributed by atoms with Crippen LogP contribution in [0.4, 0.5) is 0 Å². The molecule has 4 fully saturated rings. The SMILES string of the molecule is CC(C)C(=O)N1CC[C@@]2(c3cc(S(=O)(=O)NC4(C)CC4)cn4c(-c5nnc(C6(C#N)CC6)s5)cnc34)C[C@H]2C1. The van der Waals surface area contributed by atoms with Crippen LogP contribution < -0.4 is 4.72 Å². The van der Waals surface area contributed by atoms with Crippen LogP contribution in [0.1, 0.15) is 69.9 Å². The summed E-state index contributed by atoms with van der Waals surface area (Å²) in [5.74, 6) is 0.386. The summed E-state index contributed by atoms with van der Waals surface area (Å²) in [5, 5.41) is 19.6. The molecule has 3 saturated carbocycles. The third-order valence-electron chi connectivity index (χ3n) is 9.13. The number of hydrogen-bond donors (Lipinski definition) is 1. The van der Waals surface area contributed by atoms with E-state index in [4.69, 9.17) is 4.98 Å². The molecule has 2 atom stereocenters. The van der Waals surface area contributed by atoms with Crippen molar-refractivity contribution in [3.63, 3.8) is 0 Å². The topological polar surface area (TPSA) is 133 Å². The molecular formula is C27H31N7O3S2. The van der Waals surface area contributed by atoms with Crippen molar-refractivity contribution in [3.05, 3.63) is 29.0 Å². The molecule has 39 heavy (non-hydrogen) atoms. The van der Waals surface area contributed by atoms with Gasteiger partial charge in [-0.3, -0.25) is 9.20 Å². The van der Waals surface area contributed by atoms with Gasteiger partial charge in [-0.05, 0) is 57.4 Å². The number of pyridine rings is 1. The van der Waals surface area contributed by atoms with Gasteiger partial charge in [0.2, 0.25) is 15.9 Å². The standard InChI is InChI=1S/C27H31N7O3S2/c1-16(2)23(35)33-9-8-27(11-17(27)13-33)19-10-18(39(36,37)32-25(3)4-5-25)14-34-20(12-29-21(19)34)22-30-31-24(38-22)26(15-28)6-7-26/h10,12,14,16-17,32H,4-9,11,13H2,1-3H3/t17-,27+/m0/s1. The maximum Gasteiger partial charge on any atom is 0.242 e. The summed E-state index contributed by atoms with van der Waals surface area (Å²) >= 11 is 1.38. The predicted molar refractivity (Wildman–Crippen MR) is 144 cm³/mol. The molecule has 12 heteroatoms. The van der Waals surface area contributed by atoms with Gasteiger partial charge >= 0.3 is 0 Å². The maximum atomic E-state index is 13.6. The van der Waals surface area contributed by atoms with Crippen LogP contribution in [0.3, 0.4) is 0 Å². The third kappa shape index (κ3) is 3.92. The summed E-state index contributed by atoms with van der Waals surface area (Å²) in [5.41, 5.74) is 1.14. The van der Waals surface area contributed by atoms with Crippen molar-refractivity contribution in [2.45, 2.75) is 80.6 Å². The first-order chi connectivity index (χ1) is 18.5. The highest BCUT2D eigenvalue weighted by Crippen LogP contribution is 2.60. The fourth-order valence-electron chi connectivity index (χ4n) is 6.07. The molecule has 0 spiro atoms. The number of amides is 1. The van der Waals surface area contributed by atoms with E-state index in [9.17, 15) is 18.5 Å². The predicted octanol–water partition coefficient (Wildman–Crippen LogP) is 3.38. The Labute approximate surface area is 231 Å². The number of hydrogen-bond acceptors (Lipinski definition) is 8. The van der Waals surface area contributed by atoms with Gasteiger partial charge in [-0.1, -0.05) is 25.2 Å². The number of nitriles is 1. The molecule has 10 nitrogen and oxygen atoms in total. The number of likely N-dealkylation sites (tertiary alicyclic amines) is 1. The lowest BCUT2D eigenvalue weighted by Crippen LogP contribution is -2.42. The molecule has 3 aliphatic carbocycles. The van der Waals surface area contributed by atoms with Gasteiger partial charge in [0.15, 0.2) is 5.01 Å². The van der Waals surface area contributed by atoms with Gasteiger partial charge < -0.3 is 4.90 Å². The first-order valence-corrected chi connectivity index (χ1v) is 15.9. The Hall–Kier alpha value is -2.88. The van der Waals surface area contributed by atoms with Crippen LogP contribution in [-0.4, -0.2) is 57.4 Å². The van der Waals surface area contributed by atoms with Crippen LogP contribution >= 0.6 is 11.3 Å². The van der Waals surface area contributed by atoms with Gasteiger partial charge in [0.05, 0.1) is 17.2 Å². The number of carbonyl (C=O) groups excluding carboxylic acids is 1. The van der Waals surface area contributed by atoms with E-state index in [1.165, 1.54) is 11.3 Å². The normalized spacial score (nSPS) is 26.3. The number of nitrogens with one attached hydrogen (secondary N) is 1. The maximum absolute atomic E-state index is 13.6. The van der Waals surface area contributed by atoms with Gasteiger partial charge in [-0.2, -0.15) is 5.26 Å². The zero-order valence-corrected chi connectivity index (χ0v) is 23.9. The smallest absolute Gasteiger partial charge is 0.242 e. The first kappa shape index (κ1) is 25.1. The number of piperidine rings is 1. The Balaban J connectivity index is 1.33. The van der Waals surface area contributed by atoms with E-state index < -0.39 is 21.0 Å². The van der Waals surface area contributed by atoms with E-state index in [-0.39, 0.29) is 28.1 Å². The quantitative estimate of drug-likeness (QED) is 0.464. The lowest BCUT2D eigenvalue weighted by molar-refractivity contribution is -0.135. The zero-order chi connectivity index (χ0) is 27.4. The minimum atomic E-state index is -3.78. The first-order valence-electron chi connectivity index (χ1n) is 13.6. The van der Waals surface area contributed by atoms with Crippen molar-refractivity contribution in [2.24, 2.45) is 11.8 Å². The van der Waals surface area contributed by atoms with Crippen LogP contribution in [0.15, 0.2) is 23.4 Å². The molecule has 0 aromatic carbocycles. The second-order valence-corrected chi connectivity index (χ2v) is 15.1. The molecule has 1 N–H and O–H groups in total. The van der Waals surface area contributed by atoms with Gasteiger partial charge in [0.25, 0.3) is 0 Å². The Morgan fingerprint density at radius 1 is 1.23 bits per heavy atom. The zero-order valence-electron chi connectivity index (χ0n) is 22.3. The number of carbonyl (C=O) groups is 1. The molecule has 1 saturated heterocycles. The summed E-state index contributed by atoms with van der Waals surface area (Å²) in [6.07, 6.45) is 8.23. The van der Waals surface area contributed by atoms with Gasteiger partial charge in [0.1, 0.15) is 21.8 Å². The van der Waals surface area contributed by atoms with Crippen LogP contribution in [-0.2, 0) is 25.6 Å². The molecule has 4 aliphatic rings. The summed E-state index contributed by atoms with van der Waals surface area (Å²) in [7, 11) is -3.78. The van der Waals surface area contributed by atoms with Crippen molar-refractivity contribution < 1.29 is 13.2 Å². The number of imidazole rings is 1. The van der Waals surface area contributed by atoms with E-state index in [0.29, 0.717) is 34.4 Å². The second-order valence-electron chi connectivity index (χ2n) is 12.4. The summed E-state index contributed by atoms with van der Waals surface area (Å²) < 4.78 is 31.9. The highest BCUT2D eigenvalue weighted by atomic mass is 32.2. The Morgan fingerprint density at radius 3 is 2.64 bits per heavy atom. The number of sulfonamides is 1. The van der Waals surface area contributed by atoms with Gasteiger partial charge in [0, 0.05) is 41.7 Å². The fraction of sp³-hybridized carbons (Fsp3) is 0.593. The summed E-state index contributed by atoms with van der Waals surface area (Å²) in [6, 6.07) is 4.18. The van der Waals surface area contributed by atoms with Crippen molar-refractivity contribution >= 4 is 32.9 Å². The molecule has 1 aliphatic heterocycles. The molecule has 7 rings (SSSR count). The number of aromatic nitrogens is 4. The molecular weight excluding hydrogens is 534 g/mol. The van der Waals surface area contributed by atoms with E-state index in [1.54, 1.807) is 18.5 Å². The van der Waals surface area contributed by atoms with E-state index >= 15 is 0 Å². The van der Waals surface area contributed by atoms with Crippen molar-refractivity contribution in [2.75, 3.05) is 13.1 Å². The number of rotatable bonds is 7. The molecule has 0 unspecified atom stereocenters. The van der Waals surface area contributed by atoms with Crippen LogP contribution in [0, 0.1) is 23.2 Å². The van der Waals surface area contributed by atoms with E-state index in [0.717, 1.165) is 44.1 Å². The van der Waals surface area contributed by atoms with Crippen LogP contribution in [0.2, 0.25) is 0 Å². The molecule has 3 aromatic rings. The van der Waals surface area contributed by atoms with Gasteiger partial charge in [-0.25, -0.2) is 18.1 Å². The Kier molecular flexibility index (Phi) is 5.20. The molecule has 3 aromatic heterocycles. The fourth-order valence-corrected chi connectivity index (χ4v) is 8.61. The average Bonchev–Trinajstić information content (AvgIpc) is 3.86. The highest BCUT2D eigenvalue weighted by Gasteiger charge is 2.59.